The predicted octanol–water partition coefficient (Wildman–Crippen LogP) is 1.76. The lowest BCUT2D eigenvalue weighted by molar-refractivity contribution is -0.123. The number of nitrogens with two attached hydrogens (primary N) is 1. The molecule has 1 unspecified atom stereocenters. The van der Waals surface area contributed by atoms with E-state index in [-0.39, 0.29) is 11.9 Å². The molecule has 0 aliphatic heterocycles. The van der Waals surface area contributed by atoms with Crippen molar-refractivity contribution < 1.29 is 4.79 Å². The van der Waals surface area contributed by atoms with E-state index in [0.717, 1.165) is 25.0 Å². The normalized spacial score (nSPS) is 25.4. The van der Waals surface area contributed by atoms with Gasteiger partial charge in [-0.05, 0) is 43.1 Å². The molecular formula is C12H24N2OS. The summed E-state index contributed by atoms with van der Waals surface area (Å²) in [5, 5.41) is 3.07. The van der Waals surface area contributed by atoms with Crippen molar-refractivity contribution >= 4 is 17.7 Å². The number of rotatable bonds is 5. The minimum atomic E-state index is -0.337. The second-order valence-electron chi connectivity index (χ2n) is 5.50. The Balaban J connectivity index is 2.29. The number of carbonyl (C=O) groups excluding carboxylic acids is 1. The van der Waals surface area contributed by atoms with E-state index in [9.17, 15) is 4.79 Å². The number of hydrogen-bond acceptors (Lipinski definition) is 3. The Morgan fingerprint density at radius 1 is 1.62 bits per heavy atom. The van der Waals surface area contributed by atoms with E-state index in [1.54, 1.807) is 11.8 Å². The quantitative estimate of drug-likeness (QED) is 0.775. The van der Waals surface area contributed by atoms with E-state index in [1.807, 2.05) is 6.26 Å². The van der Waals surface area contributed by atoms with Crippen LogP contribution in [-0.4, -0.2) is 30.0 Å². The molecule has 0 heterocycles. The van der Waals surface area contributed by atoms with E-state index in [0.29, 0.717) is 11.5 Å². The van der Waals surface area contributed by atoms with E-state index >= 15 is 0 Å². The third-order valence-corrected chi connectivity index (χ3v) is 3.93. The molecule has 1 aliphatic carbocycles. The van der Waals surface area contributed by atoms with Crippen LogP contribution in [0.5, 0.6) is 0 Å². The van der Waals surface area contributed by atoms with Gasteiger partial charge in [-0.15, -0.1) is 0 Å². The Kier molecular flexibility index (Phi) is 5.12. The molecule has 0 spiro atoms. The molecule has 1 aliphatic rings. The fourth-order valence-electron chi connectivity index (χ4n) is 2.24. The molecule has 3 nitrogen and oxygen atoms in total. The first-order valence-electron chi connectivity index (χ1n) is 5.99. The Labute approximate surface area is 103 Å². The van der Waals surface area contributed by atoms with Crippen LogP contribution in [0.15, 0.2) is 0 Å². The highest BCUT2D eigenvalue weighted by atomic mass is 32.2. The van der Waals surface area contributed by atoms with Gasteiger partial charge >= 0.3 is 0 Å². The standard InChI is InChI=1S/C12H24N2OS/c1-12(2)6-4-9(8-12)14-11(15)10(13)5-7-16-3/h9-10H,4-8,13H2,1-3H3,(H,14,15)/t9?,10-/m0/s1. The zero-order chi connectivity index (χ0) is 12.2. The van der Waals surface area contributed by atoms with Crippen LogP contribution in [0.2, 0.25) is 0 Å². The molecule has 2 atom stereocenters. The maximum absolute atomic E-state index is 11.8. The lowest BCUT2D eigenvalue weighted by Crippen LogP contribution is -2.45. The van der Waals surface area contributed by atoms with Gasteiger partial charge in [0, 0.05) is 6.04 Å². The van der Waals surface area contributed by atoms with Crippen molar-refractivity contribution in [3.8, 4) is 0 Å². The van der Waals surface area contributed by atoms with Gasteiger partial charge in [0.15, 0.2) is 0 Å². The summed E-state index contributed by atoms with van der Waals surface area (Å²) in [7, 11) is 0. The fraction of sp³-hybridized carbons (Fsp3) is 0.917. The van der Waals surface area contributed by atoms with Crippen molar-refractivity contribution in [2.24, 2.45) is 11.1 Å². The molecule has 94 valence electrons. The summed E-state index contributed by atoms with van der Waals surface area (Å²) in [5.41, 5.74) is 6.20. The summed E-state index contributed by atoms with van der Waals surface area (Å²) in [4.78, 5) is 11.8. The number of hydrogen-bond donors (Lipinski definition) is 2. The molecule has 1 rings (SSSR count). The Morgan fingerprint density at radius 3 is 2.81 bits per heavy atom. The topological polar surface area (TPSA) is 55.1 Å². The highest BCUT2D eigenvalue weighted by molar-refractivity contribution is 7.98. The van der Waals surface area contributed by atoms with Crippen LogP contribution in [0.25, 0.3) is 0 Å². The Morgan fingerprint density at radius 2 is 2.31 bits per heavy atom. The van der Waals surface area contributed by atoms with Crippen molar-refractivity contribution in [3.63, 3.8) is 0 Å². The van der Waals surface area contributed by atoms with Gasteiger partial charge in [-0.2, -0.15) is 11.8 Å². The fourth-order valence-corrected chi connectivity index (χ4v) is 2.73. The monoisotopic (exact) mass is 244 g/mol. The molecule has 0 bridgehead atoms. The summed E-state index contributed by atoms with van der Waals surface area (Å²) in [6.45, 7) is 4.51. The van der Waals surface area contributed by atoms with Gasteiger partial charge in [0.25, 0.3) is 0 Å². The van der Waals surface area contributed by atoms with Crippen molar-refractivity contribution in [2.45, 2.75) is 51.6 Å². The van der Waals surface area contributed by atoms with Crippen molar-refractivity contribution in [2.75, 3.05) is 12.0 Å². The first-order chi connectivity index (χ1) is 7.44. The van der Waals surface area contributed by atoms with E-state index < -0.39 is 0 Å². The summed E-state index contributed by atoms with van der Waals surface area (Å²) < 4.78 is 0. The zero-order valence-corrected chi connectivity index (χ0v) is 11.4. The van der Waals surface area contributed by atoms with Crippen molar-refractivity contribution in [1.29, 1.82) is 0 Å². The molecule has 16 heavy (non-hydrogen) atoms. The first-order valence-corrected chi connectivity index (χ1v) is 7.39. The van der Waals surface area contributed by atoms with Crippen molar-refractivity contribution in [1.82, 2.24) is 5.32 Å². The molecule has 1 saturated carbocycles. The van der Waals surface area contributed by atoms with Crippen LogP contribution in [0.3, 0.4) is 0 Å². The molecule has 0 aromatic carbocycles. The highest BCUT2D eigenvalue weighted by Crippen LogP contribution is 2.36. The molecule has 0 saturated heterocycles. The first kappa shape index (κ1) is 13.8. The molecule has 1 fully saturated rings. The number of amides is 1. The van der Waals surface area contributed by atoms with Gasteiger partial charge in [-0.1, -0.05) is 13.8 Å². The van der Waals surface area contributed by atoms with Crippen molar-refractivity contribution in [3.05, 3.63) is 0 Å². The van der Waals surface area contributed by atoms with Gasteiger partial charge in [0.1, 0.15) is 0 Å². The molecular weight excluding hydrogens is 220 g/mol. The minimum Gasteiger partial charge on any atom is -0.352 e. The molecule has 4 heteroatoms. The second kappa shape index (κ2) is 5.92. The van der Waals surface area contributed by atoms with E-state index in [4.69, 9.17) is 5.73 Å². The predicted molar refractivity (Wildman–Crippen MR) is 70.5 cm³/mol. The maximum atomic E-state index is 11.8. The van der Waals surface area contributed by atoms with Crippen LogP contribution in [0.4, 0.5) is 0 Å². The van der Waals surface area contributed by atoms with Gasteiger partial charge < -0.3 is 11.1 Å². The number of carbonyl (C=O) groups is 1. The van der Waals surface area contributed by atoms with Gasteiger partial charge in [-0.25, -0.2) is 0 Å². The summed E-state index contributed by atoms with van der Waals surface area (Å²) in [6, 6.07) is -0.000933. The average Bonchev–Trinajstić information content (AvgIpc) is 2.54. The summed E-state index contributed by atoms with van der Waals surface area (Å²) in [5.74, 6) is 0.974. The Bertz CT molecular complexity index is 243. The second-order valence-corrected chi connectivity index (χ2v) is 6.49. The van der Waals surface area contributed by atoms with Gasteiger partial charge in [0.05, 0.1) is 6.04 Å². The van der Waals surface area contributed by atoms with E-state index in [1.165, 1.54) is 6.42 Å². The summed E-state index contributed by atoms with van der Waals surface area (Å²) >= 11 is 1.73. The lowest BCUT2D eigenvalue weighted by atomic mass is 9.92. The third kappa shape index (κ3) is 4.34. The Hall–Kier alpha value is -0.220. The lowest BCUT2D eigenvalue weighted by Gasteiger charge is -2.19. The number of nitrogens with one attached hydrogen (secondary N) is 1. The van der Waals surface area contributed by atoms with Gasteiger partial charge in [-0.3, -0.25) is 4.79 Å². The van der Waals surface area contributed by atoms with E-state index in [2.05, 4.69) is 19.2 Å². The molecule has 0 aromatic rings. The maximum Gasteiger partial charge on any atom is 0.237 e. The van der Waals surface area contributed by atoms with Crippen LogP contribution < -0.4 is 11.1 Å². The summed E-state index contributed by atoms with van der Waals surface area (Å²) in [6.07, 6.45) is 6.16. The molecule has 1 amide bonds. The molecule has 0 aromatic heterocycles. The molecule has 0 radical (unpaired) electrons. The minimum absolute atomic E-state index is 0.0248. The highest BCUT2D eigenvalue weighted by Gasteiger charge is 2.32. The average molecular weight is 244 g/mol. The third-order valence-electron chi connectivity index (χ3n) is 3.28. The zero-order valence-electron chi connectivity index (χ0n) is 10.6. The SMILES string of the molecule is CSCC[C@H](N)C(=O)NC1CCC(C)(C)C1. The van der Waals surface area contributed by atoms with Crippen LogP contribution in [0.1, 0.15) is 39.5 Å². The smallest absolute Gasteiger partial charge is 0.237 e. The molecule has 3 N–H and O–H groups in total. The number of thioether (sulfide) groups is 1. The van der Waals surface area contributed by atoms with Crippen LogP contribution >= 0.6 is 11.8 Å². The van der Waals surface area contributed by atoms with Crippen LogP contribution in [-0.2, 0) is 4.79 Å². The largest absolute Gasteiger partial charge is 0.352 e. The van der Waals surface area contributed by atoms with Gasteiger partial charge in [0.2, 0.25) is 5.91 Å². The van der Waals surface area contributed by atoms with Crippen LogP contribution in [0, 0.1) is 5.41 Å².